The molecule has 1 N–H and O–H groups in total. The molecule has 0 saturated carbocycles. The van der Waals surface area contributed by atoms with E-state index in [0.717, 1.165) is 9.04 Å². The Balaban J connectivity index is 1.98. The molecule has 1 aromatic heterocycles. The number of hydrogen-bond donors (Lipinski definition) is 1. The Morgan fingerprint density at radius 3 is 2.60 bits per heavy atom. The smallest absolute Gasteiger partial charge is 0.325 e. The Hall–Kier alpha value is -1.87. The van der Waals surface area contributed by atoms with E-state index in [1.54, 1.807) is 43.1 Å². The Kier molecular flexibility index (Phi) is 6.23. The van der Waals surface area contributed by atoms with Crippen molar-refractivity contribution < 1.29 is 18.0 Å². The highest BCUT2D eigenvalue weighted by molar-refractivity contribution is 9.10. The maximum Gasteiger partial charge on any atom is 0.406 e. The lowest BCUT2D eigenvalue weighted by Crippen LogP contribution is -2.39. The molecule has 0 spiro atoms. The molecule has 9 heteroatoms. The van der Waals surface area contributed by atoms with Crippen LogP contribution in [0.1, 0.15) is 12.7 Å². The number of anilines is 1. The molecule has 0 bridgehead atoms. The quantitative estimate of drug-likeness (QED) is 0.778. The number of nitrogens with one attached hydrogen (secondary N) is 1. The van der Waals surface area contributed by atoms with E-state index in [9.17, 15) is 18.0 Å². The van der Waals surface area contributed by atoms with Gasteiger partial charge >= 0.3 is 6.18 Å². The van der Waals surface area contributed by atoms with Crippen LogP contribution in [0.5, 0.6) is 0 Å². The van der Waals surface area contributed by atoms with Gasteiger partial charge in [-0.1, -0.05) is 15.9 Å². The SMILES string of the molecule is CC(C(=O)Nc1ccc(Br)cc1)N(C)Cc1nccn1CC(F)(F)F. The average molecular weight is 419 g/mol. The van der Waals surface area contributed by atoms with Gasteiger partial charge in [-0.3, -0.25) is 9.69 Å². The first-order chi connectivity index (χ1) is 11.7. The second-order valence-electron chi connectivity index (χ2n) is 5.67. The van der Waals surface area contributed by atoms with E-state index < -0.39 is 18.8 Å². The molecule has 1 amide bonds. The Labute approximate surface area is 152 Å². The van der Waals surface area contributed by atoms with Gasteiger partial charge in [-0.25, -0.2) is 4.98 Å². The Morgan fingerprint density at radius 2 is 2.00 bits per heavy atom. The molecule has 1 atom stereocenters. The number of benzene rings is 1. The molecule has 1 heterocycles. The molecule has 136 valence electrons. The van der Waals surface area contributed by atoms with Crippen molar-refractivity contribution in [3.63, 3.8) is 0 Å². The molecule has 0 fully saturated rings. The number of aromatic nitrogens is 2. The summed E-state index contributed by atoms with van der Waals surface area (Å²) >= 11 is 3.31. The largest absolute Gasteiger partial charge is 0.406 e. The molecular formula is C16H18BrF3N4O. The van der Waals surface area contributed by atoms with Crippen LogP contribution >= 0.6 is 15.9 Å². The molecule has 0 aliphatic carbocycles. The van der Waals surface area contributed by atoms with Crippen LogP contribution in [0.15, 0.2) is 41.1 Å². The van der Waals surface area contributed by atoms with E-state index in [1.807, 2.05) is 0 Å². The van der Waals surface area contributed by atoms with E-state index in [2.05, 4.69) is 26.2 Å². The van der Waals surface area contributed by atoms with Crippen molar-refractivity contribution in [2.24, 2.45) is 0 Å². The van der Waals surface area contributed by atoms with Gasteiger partial charge < -0.3 is 9.88 Å². The summed E-state index contributed by atoms with van der Waals surface area (Å²) in [5.41, 5.74) is 0.645. The number of imidazole rings is 1. The van der Waals surface area contributed by atoms with Gasteiger partial charge in [-0.15, -0.1) is 0 Å². The first-order valence-corrected chi connectivity index (χ1v) is 8.28. The second-order valence-corrected chi connectivity index (χ2v) is 6.59. The molecule has 0 aliphatic rings. The van der Waals surface area contributed by atoms with Crippen molar-refractivity contribution in [1.29, 1.82) is 0 Å². The van der Waals surface area contributed by atoms with Crippen LogP contribution < -0.4 is 5.32 Å². The van der Waals surface area contributed by atoms with Gasteiger partial charge in [0.15, 0.2) is 0 Å². The van der Waals surface area contributed by atoms with E-state index in [1.165, 1.54) is 12.4 Å². The van der Waals surface area contributed by atoms with Gasteiger partial charge in [0.1, 0.15) is 12.4 Å². The fourth-order valence-corrected chi connectivity index (χ4v) is 2.43. The number of halogens is 4. The minimum Gasteiger partial charge on any atom is -0.325 e. The van der Waals surface area contributed by atoms with E-state index in [-0.39, 0.29) is 18.3 Å². The van der Waals surface area contributed by atoms with Gasteiger partial charge in [-0.2, -0.15) is 13.2 Å². The number of carbonyl (C=O) groups is 1. The highest BCUT2D eigenvalue weighted by Gasteiger charge is 2.29. The highest BCUT2D eigenvalue weighted by atomic mass is 79.9. The molecule has 0 aliphatic heterocycles. The molecule has 25 heavy (non-hydrogen) atoms. The zero-order valence-electron chi connectivity index (χ0n) is 13.7. The van der Waals surface area contributed by atoms with Crippen molar-refractivity contribution >= 4 is 27.5 Å². The monoisotopic (exact) mass is 418 g/mol. The number of nitrogens with zero attached hydrogens (tertiary/aromatic N) is 3. The van der Waals surface area contributed by atoms with Crippen LogP contribution in [0, 0.1) is 0 Å². The van der Waals surface area contributed by atoms with E-state index in [4.69, 9.17) is 0 Å². The average Bonchev–Trinajstić information content (AvgIpc) is 2.93. The number of amides is 1. The normalized spacial score (nSPS) is 13.1. The summed E-state index contributed by atoms with van der Waals surface area (Å²) < 4.78 is 39.6. The maximum absolute atomic E-state index is 12.6. The summed E-state index contributed by atoms with van der Waals surface area (Å²) in [5.74, 6) is 0.00173. The first kappa shape index (κ1) is 19.5. The van der Waals surface area contributed by atoms with Crippen molar-refractivity contribution in [1.82, 2.24) is 14.5 Å². The second kappa shape index (κ2) is 8.01. The molecular weight excluding hydrogens is 401 g/mol. The summed E-state index contributed by atoms with van der Waals surface area (Å²) in [6.45, 7) is 0.707. The number of alkyl halides is 3. The van der Waals surface area contributed by atoms with E-state index >= 15 is 0 Å². The highest BCUT2D eigenvalue weighted by Crippen LogP contribution is 2.19. The third kappa shape index (κ3) is 5.86. The van der Waals surface area contributed by atoms with Gasteiger partial charge in [0.2, 0.25) is 5.91 Å². The van der Waals surface area contributed by atoms with Crippen molar-refractivity contribution in [3.8, 4) is 0 Å². The van der Waals surface area contributed by atoms with Crippen LogP contribution in [0.3, 0.4) is 0 Å². The zero-order chi connectivity index (χ0) is 18.6. The molecule has 0 saturated heterocycles. The third-order valence-corrected chi connectivity index (χ3v) is 4.22. The standard InChI is InChI=1S/C16H18BrF3N4O/c1-11(15(25)22-13-5-3-12(17)4-6-13)23(2)9-14-21-7-8-24(14)10-16(18,19)20/h3-8,11H,9-10H2,1-2H3,(H,22,25). The Morgan fingerprint density at radius 1 is 1.36 bits per heavy atom. The van der Waals surface area contributed by atoms with Crippen LogP contribution in [0.4, 0.5) is 18.9 Å². The van der Waals surface area contributed by atoms with Gasteiger partial charge in [0, 0.05) is 22.6 Å². The molecule has 2 aromatic rings. The lowest BCUT2D eigenvalue weighted by atomic mass is 10.2. The number of carbonyl (C=O) groups excluding carboxylic acids is 1. The van der Waals surface area contributed by atoms with Crippen molar-refractivity contribution in [3.05, 3.63) is 47.0 Å². The minimum absolute atomic E-state index is 0.123. The fraction of sp³-hybridized carbons (Fsp3) is 0.375. The van der Waals surface area contributed by atoms with Crippen molar-refractivity contribution in [2.45, 2.75) is 32.2 Å². The lowest BCUT2D eigenvalue weighted by Gasteiger charge is -2.24. The summed E-state index contributed by atoms with van der Waals surface area (Å²) in [6, 6.07) is 6.57. The summed E-state index contributed by atoms with van der Waals surface area (Å²) in [5, 5.41) is 2.77. The predicted molar refractivity (Wildman–Crippen MR) is 92.0 cm³/mol. The lowest BCUT2D eigenvalue weighted by molar-refractivity contribution is -0.141. The number of hydrogen-bond acceptors (Lipinski definition) is 3. The zero-order valence-corrected chi connectivity index (χ0v) is 15.3. The summed E-state index contributed by atoms with van der Waals surface area (Å²) in [7, 11) is 1.67. The van der Waals surface area contributed by atoms with Crippen LogP contribution in [0.25, 0.3) is 0 Å². The fourth-order valence-electron chi connectivity index (χ4n) is 2.17. The van der Waals surface area contributed by atoms with Gasteiger partial charge in [-0.05, 0) is 38.2 Å². The Bertz CT molecular complexity index is 715. The van der Waals surface area contributed by atoms with Crippen LogP contribution in [0.2, 0.25) is 0 Å². The summed E-state index contributed by atoms with van der Waals surface area (Å²) in [4.78, 5) is 17.9. The predicted octanol–water partition coefficient (Wildman–Crippen LogP) is 3.67. The maximum atomic E-state index is 12.6. The molecule has 1 unspecified atom stereocenters. The van der Waals surface area contributed by atoms with Crippen molar-refractivity contribution in [2.75, 3.05) is 12.4 Å². The minimum atomic E-state index is -4.32. The molecule has 1 aromatic carbocycles. The molecule has 5 nitrogen and oxygen atoms in total. The summed E-state index contributed by atoms with van der Waals surface area (Å²) in [6.07, 6.45) is -1.72. The van der Waals surface area contributed by atoms with Gasteiger partial charge in [0.05, 0.1) is 12.6 Å². The van der Waals surface area contributed by atoms with Gasteiger partial charge in [0.25, 0.3) is 0 Å². The first-order valence-electron chi connectivity index (χ1n) is 7.49. The number of likely N-dealkylation sites (N-methyl/N-ethyl adjacent to an activating group) is 1. The topological polar surface area (TPSA) is 50.2 Å². The van der Waals surface area contributed by atoms with Crippen LogP contribution in [-0.2, 0) is 17.9 Å². The van der Waals surface area contributed by atoms with Crippen LogP contribution in [-0.4, -0.2) is 39.6 Å². The third-order valence-electron chi connectivity index (χ3n) is 3.69. The van der Waals surface area contributed by atoms with E-state index in [0.29, 0.717) is 5.69 Å². The molecule has 0 radical (unpaired) electrons. The number of rotatable bonds is 6. The molecule has 2 rings (SSSR count).